The fourth-order valence-corrected chi connectivity index (χ4v) is 5.93. The zero-order chi connectivity index (χ0) is 34.4. The Morgan fingerprint density at radius 2 is 1.83 bits per heavy atom. The molecule has 2 atom stereocenters. The van der Waals surface area contributed by atoms with Gasteiger partial charge in [-0.2, -0.15) is 0 Å². The van der Waals surface area contributed by atoms with Crippen molar-refractivity contribution in [3.05, 3.63) is 98.9 Å². The molecule has 0 radical (unpaired) electrons. The first-order valence-electron chi connectivity index (χ1n) is 15.3. The Morgan fingerprint density at radius 3 is 2.50 bits per heavy atom. The highest BCUT2D eigenvalue weighted by Gasteiger charge is 2.46. The van der Waals surface area contributed by atoms with Gasteiger partial charge >= 0.3 is 0 Å². The summed E-state index contributed by atoms with van der Waals surface area (Å²) < 4.78 is 31.9. The van der Waals surface area contributed by atoms with Crippen LogP contribution in [-0.2, 0) is 15.8 Å². The number of rotatable bonds is 11. The Hall–Kier alpha value is -4.58. The highest BCUT2D eigenvalue weighted by Crippen LogP contribution is 2.48. The Kier molecular flexibility index (Phi) is 8.88. The van der Waals surface area contributed by atoms with Gasteiger partial charge in [-0.1, -0.05) is 53.5 Å². The minimum absolute atomic E-state index is 0.0166. The van der Waals surface area contributed by atoms with Gasteiger partial charge in [-0.3, -0.25) is 9.59 Å². The molecule has 2 aliphatic rings. The fourth-order valence-electron chi connectivity index (χ4n) is 5.53. The summed E-state index contributed by atoms with van der Waals surface area (Å²) >= 11 is 12.7. The quantitative estimate of drug-likeness (QED) is 0.118. The molecular formula is C35H33Cl2FN4O6. The highest BCUT2D eigenvalue weighted by molar-refractivity contribution is 6.43. The van der Waals surface area contributed by atoms with E-state index >= 15 is 0 Å². The van der Waals surface area contributed by atoms with Crippen LogP contribution in [0.1, 0.15) is 53.9 Å². The number of nitrogens with zero attached hydrogens (tertiary/aromatic N) is 1. The molecule has 4 aromatic rings. The number of hydrogen-bond donors (Lipinski definition) is 4. The second-order valence-corrected chi connectivity index (χ2v) is 12.7. The zero-order valence-electron chi connectivity index (χ0n) is 26.1. The summed E-state index contributed by atoms with van der Waals surface area (Å²) in [6.45, 7) is 3.23. The summed E-state index contributed by atoms with van der Waals surface area (Å²) in [6.07, 6.45) is 1.78. The number of anilines is 1. The van der Waals surface area contributed by atoms with E-state index in [0.717, 1.165) is 18.9 Å². The Morgan fingerprint density at radius 1 is 1.12 bits per heavy atom. The van der Waals surface area contributed by atoms with E-state index in [1.807, 2.05) is 0 Å². The molecule has 2 heterocycles. The van der Waals surface area contributed by atoms with Crippen LogP contribution < -0.4 is 31.0 Å². The van der Waals surface area contributed by atoms with E-state index in [9.17, 15) is 19.1 Å². The monoisotopic (exact) mass is 694 g/mol. The number of nitrogen functional groups attached to an aromatic ring is 1. The maximum atomic E-state index is 14.3. The van der Waals surface area contributed by atoms with Crippen LogP contribution in [0.3, 0.4) is 0 Å². The van der Waals surface area contributed by atoms with Gasteiger partial charge in [0.1, 0.15) is 52.1 Å². The Balaban J connectivity index is 1.46. The first-order chi connectivity index (χ1) is 22.9. The number of halogens is 3. The van der Waals surface area contributed by atoms with Crippen LogP contribution in [0.5, 0.6) is 17.2 Å². The van der Waals surface area contributed by atoms with Crippen LogP contribution in [0.15, 0.2) is 60.7 Å². The lowest BCUT2D eigenvalue weighted by Gasteiger charge is -2.30. The lowest BCUT2D eigenvalue weighted by atomic mass is 9.80. The number of hydrogen-bond acceptors (Lipinski definition) is 8. The van der Waals surface area contributed by atoms with E-state index in [2.05, 4.69) is 5.32 Å². The predicted octanol–water partition coefficient (Wildman–Crippen LogP) is 5.52. The molecule has 0 bridgehead atoms. The largest absolute Gasteiger partial charge is 0.492 e. The molecule has 1 saturated carbocycles. The van der Waals surface area contributed by atoms with Crippen LogP contribution in [-0.4, -0.2) is 47.8 Å². The van der Waals surface area contributed by atoms with E-state index in [4.69, 9.17) is 53.9 Å². The molecule has 1 aromatic heterocycles. The second-order valence-electron chi connectivity index (χ2n) is 12.0. The molecule has 0 saturated heterocycles. The van der Waals surface area contributed by atoms with E-state index in [0.29, 0.717) is 29.2 Å². The average molecular weight is 696 g/mol. The van der Waals surface area contributed by atoms with Crippen molar-refractivity contribution in [2.75, 3.05) is 25.5 Å². The van der Waals surface area contributed by atoms with Gasteiger partial charge in [0.15, 0.2) is 0 Å². The SMILES string of the molecule is CCOc1cc(C(=O)NC[C@@](O)(c2ccccc2)c2cc3c(c(-c4ccc(F)c(Cl)c4Cl)n2)OC[C@]3(C)C(N)=O)cc(OC2CC2)c1N. The molecule has 0 spiro atoms. The van der Waals surface area contributed by atoms with Gasteiger partial charge in [0, 0.05) is 16.7 Å². The van der Waals surface area contributed by atoms with Crippen molar-refractivity contribution in [3.8, 4) is 28.5 Å². The fraction of sp³-hybridized carbons (Fsp3) is 0.286. The number of aliphatic hydroxyl groups is 1. The lowest BCUT2D eigenvalue weighted by Crippen LogP contribution is -2.43. The first kappa shape index (κ1) is 33.3. The second kappa shape index (κ2) is 12.8. The smallest absolute Gasteiger partial charge is 0.251 e. The number of aromatic nitrogens is 1. The Labute approximate surface area is 286 Å². The van der Waals surface area contributed by atoms with Crippen molar-refractivity contribution >= 4 is 40.7 Å². The minimum Gasteiger partial charge on any atom is -0.492 e. The van der Waals surface area contributed by atoms with Crippen LogP contribution in [0, 0.1) is 5.82 Å². The van der Waals surface area contributed by atoms with Crippen LogP contribution in [0.4, 0.5) is 10.1 Å². The van der Waals surface area contributed by atoms with Crippen molar-refractivity contribution in [2.24, 2.45) is 5.73 Å². The molecule has 1 fully saturated rings. The summed E-state index contributed by atoms with van der Waals surface area (Å²) in [6, 6.07) is 15.6. The third-order valence-electron chi connectivity index (χ3n) is 8.57. The molecule has 1 aliphatic carbocycles. The number of benzene rings is 3. The summed E-state index contributed by atoms with van der Waals surface area (Å²) in [4.78, 5) is 31.3. The van der Waals surface area contributed by atoms with Crippen molar-refractivity contribution < 1.29 is 33.3 Å². The lowest BCUT2D eigenvalue weighted by molar-refractivity contribution is -0.123. The maximum absolute atomic E-state index is 14.3. The normalized spacial score (nSPS) is 18.0. The molecule has 6 N–H and O–H groups in total. The number of pyridine rings is 1. The van der Waals surface area contributed by atoms with Crippen LogP contribution in [0.2, 0.25) is 10.0 Å². The Bertz CT molecular complexity index is 1930. The number of primary amides is 1. The highest BCUT2D eigenvalue weighted by atomic mass is 35.5. The summed E-state index contributed by atoms with van der Waals surface area (Å²) in [7, 11) is 0. The number of carbonyl (C=O) groups excluding carboxylic acids is 2. The summed E-state index contributed by atoms with van der Waals surface area (Å²) in [5.74, 6) is -1.17. The van der Waals surface area contributed by atoms with E-state index < -0.39 is 28.6 Å². The molecule has 1 aliphatic heterocycles. The topological polar surface area (TPSA) is 159 Å². The third kappa shape index (κ3) is 5.98. The maximum Gasteiger partial charge on any atom is 0.251 e. The molecule has 48 heavy (non-hydrogen) atoms. The third-order valence-corrected chi connectivity index (χ3v) is 9.43. The van der Waals surface area contributed by atoms with E-state index in [1.54, 1.807) is 44.2 Å². The zero-order valence-corrected chi connectivity index (χ0v) is 27.6. The van der Waals surface area contributed by atoms with Gasteiger partial charge in [0.25, 0.3) is 5.91 Å². The van der Waals surface area contributed by atoms with Crippen LogP contribution in [0.25, 0.3) is 11.3 Å². The minimum atomic E-state index is -1.98. The number of carbonyl (C=O) groups is 2. The number of ether oxygens (including phenoxy) is 3. The van der Waals surface area contributed by atoms with Gasteiger partial charge in [-0.05, 0) is 62.6 Å². The molecule has 13 heteroatoms. The van der Waals surface area contributed by atoms with E-state index in [1.165, 1.54) is 24.3 Å². The number of nitrogens with two attached hydrogens (primary N) is 2. The standard InChI is InChI=1S/C35H33Cl2FN4O6/c1-3-46-24-13-18(14-25(29(24)39)48-20-9-10-20)32(43)41-16-35(45,19-7-5-4-6-8-19)26-15-22-31(47-17-34(22,2)33(40)44)30(42-26)21-11-12-23(38)28(37)27(21)36/h4-8,11-15,20,45H,3,9-10,16-17,39H2,1-2H3,(H2,40,44)(H,41,43)/t34-,35+/m0/s1. The van der Waals surface area contributed by atoms with Gasteiger partial charge < -0.3 is 36.1 Å². The molecule has 6 rings (SSSR count). The number of nitrogens with one attached hydrogen (secondary N) is 1. The number of amides is 2. The molecule has 250 valence electrons. The van der Waals surface area contributed by atoms with Gasteiger partial charge in [-0.15, -0.1) is 0 Å². The molecule has 10 nitrogen and oxygen atoms in total. The van der Waals surface area contributed by atoms with Crippen LogP contribution >= 0.6 is 23.2 Å². The van der Waals surface area contributed by atoms with Crippen molar-refractivity contribution in [1.29, 1.82) is 0 Å². The molecule has 3 aromatic carbocycles. The molecule has 2 amide bonds. The predicted molar refractivity (Wildman–Crippen MR) is 179 cm³/mol. The van der Waals surface area contributed by atoms with Gasteiger partial charge in [-0.25, -0.2) is 9.37 Å². The first-order valence-corrected chi connectivity index (χ1v) is 16.0. The summed E-state index contributed by atoms with van der Waals surface area (Å²) in [5.41, 5.74) is 10.3. The average Bonchev–Trinajstić information content (AvgIpc) is 3.84. The van der Waals surface area contributed by atoms with Gasteiger partial charge in [0.2, 0.25) is 5.91 Å². The summed E-state index contributed by atoms with van der Waals surface area (Å²) in [5, 5.41) is 14.9. The number of fused-ring (bicyclic) bond motifs is 1. The van der Waals surface area contributed by atoms with Crippen molar-refractivity contribution in [3.63, 3.8) is 0 Å². The molecular weight excluding hydrogens is 662 g/mol. The van der Waals surface area contributed by atoms with E-state index in [-0.39, 0.29) is 63.3 Å². The van der Waals surface area contributed by atoms with Crippen molar-refractivity contribution in [2.45, 2.75) is 43.8 Å². The van der Waals surface area contributed by atoms with Gasteiger partial charge in [0.05, 0.1) is 35.0 Å². The molecule has 0 unspecified atom stereocenters. The van der Waals surface area contributed by atoms with Crippen molar-refractivity contribution in [1.82, 2.24) is 10.3 Å².